The summed E-state index contributed by atoms with van der Waals surface area (Å²) in [6.45, 7) is 13.0. The number of carbonyl (C=O) groups is 1. The van der Waals surface area contributed by atoms with Gasteiger partial charge in [-0.05, 0) is 53.2 Å². The fraction of sp³-hybridized carbons (Fsp3) is 0.588. The number of carbonyl (C=O) groups excluding carboxylic acids is 1. The Morgan fingerprint density at radius 3 is 2.43 bits per heavy atom. The van der Waals surface area contributed by atoms with Crippen LogP contribution in [0.25, 0.3) is 0 Å². The number of rotatable bonds is 5. The lowest BCUT2D eigenvalue weighted by atomic mass is 10.1. The van der Waals surface area contributed by atoms with Gasteiger partial charge >= 0.3 is 6.09 Å². The number of ether oxygens (including phenoxy) is 1. The Morgan fingerprint density at radius 1 is 1.29 bits per heavy atom. The summed E-state index contributed by atoms with van der Waals surface area (Å²) < 4.78 is 5.45. The summed E-state index contributed by atoms with van der Waals surface area (Å²) in [5.74, 6) is 0. The van der Waals surface area contributed by atoms with Gasteiger partial charge in [-0.3, -0.25) is 0 Å². The van der Waals surface area contributed by atoms with Crippen molar-refractivity contribution in [3.8, 4) is 0 Å². The molecule has 0 radical (unpaired) electrons. The predicted octanol–water partition coefficient (Wildman–Crippen LogP) is 4.26. The van der Waals surface area contributed by atoms with E-state index in [0.717, 1.165) is 11.3 Å². The highest BCUT2D eigenvalue weighted by atomic mass is 16.6. The molecule has 0 aromatic heterocycles. The van der Waals surface area contributed by atoms with Crippen molar-refractivity contribution in [1.29, 1.82) is 0 Å². The number of nitrogens with one attached hydrogen (secondary N) is 1. The van der Waals surface area contributed by atoms with E-state index in [1.54, 1.807) is 4.90 Å². The van der Waals surface area contributed by atoms with Gasteiger partial charge in [0.25, 0.3) is 0 Å². The molecule has 21 heavy (non-hydrogen) atoms. The second kappa shape index (κ2) is 7.34. The van der Waals surface area contributed by atoms with Crippen molar-refractivity contribution in [1.82, 2.24) is 4.90 Å². The molecule has 0 bridgehead atoms. The monoisotopic (exact) mass is 292 g/mol. The maximum Gasteiger partial charge on any atom is 0.410 e. The highest BCUT2D eigenvalue weighted by Crippen LogP contribution is 2.19. The van der Waals surface area contributed by atoms with Crippen LogP contribution < -0.4 is 5.32 Å². The van der Waals surface area contributed by atoms with Gasteiger partial charge in [0.2, 0.25) is 0 Å². The number of hydrogen-bond acceptors (Lipinski definition) is 3. The maximum absolute atomic E-state index is 12.2. The number of amides is 1. The summed E-state index contributed by atoms with van der Waals surface area (Å²) in [5, 5.41) is 3.41. The first-order valence-electron chi connectivity index (χ1n) is 7.55. The van der Waals surface area contributed by atoms with Crippen LogP contribution in [0.2, 0.25) is 0 Å². The lowest BCUT2D eigenvalue weighted by Gasteiger charge is -2.27. The summed E-state index contributed by atoms with van der Waals surface area (Å²) in [7, 11) is 0. The van der Waals surface area contributed by atoms with Crippen molar-refractivity contribution in [2.75, 3.05) is 11.9 Å². The third-order valence-corrected chi connectivity index (χ3v) is 2.86. The van der Waals surface area contributed by atoms with Crippen molar-refractivity contribution in [3.63, 3.8) is 0 Å². The van der Waals surface area contributed by atoms with E-state index in [0.29, 0.717) is 19.1 Å². The highest BCUT2D eigenvalue weighted by Gasteiger charge is 2.21. The van der Waals surface area contributed by atoms with Crippen LogP contribution in [-0.2, 0) is 11.3 Å². The molecule has 4 heteroatoms. The van der Waals surface area contributed by atoms with E-state index < -0.39 is 5.60 Å². The average Bonchev–Trinajstić information content (AvgIpc) is 2.34. The van der Waals surface area contributed by atoms with Crippen molar-refractivity contribution in [3.05, 3.63) is 29.8 Å². The van der Waals surface area contributed by atoms with Gasteiger partial charge in [0.15, 0.2) is 0 Å². The second-order valence-corrected chi connectivity index (χ2v) is 6.45. The average molecular weight is 292 g/mol. The van der Waals surface area contributed by atoms with E-state index in [-0.39, 0.29) is 6.09 Å². The van der Waals surface area contributed by atoms with Crippen LogP contribution in [0.1, 0.15) is 47.1 Å². The van der Waals surface area contributed by atoms with Crippen molar-refractivity contribution in [2.24, 2.45) is 0 Å². The second-order valence-electron chi connectivity index (χ2n) is 6.45. The van der Waals surface area contributed by atoms with E-state index in [1.165, 1.54) is 0 Å². The summed E-state index contributed by atoms with van der Waals surface area (Å²) >= 11 is 0. The molecule has 118 valence electrons. The van der Waals surface area contributed by atoms with Gasteiger partial charge in [-0.1, -0.05) is 18.2 Å². The molecule has 0 unspecified atom stereocenters. The van der Waals surface area contributed by atoms with Crippen LogP contribution in [-0.4, -0.2) is 29.2 Å². The molecule has 0 saturated carbocycles. The van der Waals surface area contributed by atoms with Gasteiger partial charge in [0, 0.05) is 18.3 Å². The molecule has 0 atom stereocenters. The van der Waals surface area contributed by atoms with Gasteiger partial charge in [-0.15, -0.1) is 0 Å². The number of para-hydroxylation sites is 1. The SMILES string of the molecule is CCN(Cc1ccccc1NC(C)C)C(=O)OC(C)(C)C. The molecule has 1 N–H and O–H groups in total. The topological polar surface area (TPSA) is 41.6 Å². The number of nitrogens with zero attached hydrogens (tertiary/aromatic N) is 1. The predicted molar refractivity (Wildman–Crippen MR) is 87.5 cm³/mol. The lowest BCUT2D eigenvalue weighted by molar-refractivity contribution is 0.0245. The first kappa shape index (κ1) is 17.3. The fourth-order valence-electron chi connectivity index (χ4n) is 1.95. The largest absolute Gasteiger partial charge is 0.444 e. The van der Waals surface area contributed by atoms with Gasteiger partial charge in [-0.2, -0.15) is 0 Å². The van der Waals surface area contributed by atoms with E-state index in [2.05, 4.69) is 19.2 Å². The molecule has 1 aromatic rings. The number of benzene rings is 1. The molecule has 0 fully saturated rings. The van der Waals surface area contributed by atoms with Gasteiger partial charge in [0.1, 0.15) is 5.60 Å². The van der Waals surface area contributed by atoms with Gasteiger partial charge < -0.3 is 15.0 Å². The molecule has 4 nitrogen and oxygen atoms in total. The summed E-state index contributed by atoms with van der Waals surface area (Å²) in [6.07, 6.45) is -0.274. The zero-order valence-electron chi connectivity index (χ0n) is 14.1. The van der Waals surface area contributed by atoms with Crippen molar-refractivity contribution in [2.45, 2.75) is 59.7 Å². The van der Waals surface area contributed by atoms with Crippen LogP contribution >= 0.6 is 0 Å². The maximum atomic E-state index is 12.2. The van der Waals surface area contributed by atoms with Crippen LogP contribution in [0, 0.1) is 0 Å². The van der Waals surface area contributed by atoms with E-state index in [1.807, 2.05) is 52.0 Å². The Kier molecular flexibility index (Phi) is 6.06. The minimum Gasteiger partial charge on any atom is -0.444 e. The van der Waals surface area contributed by atoms with Crippen LogP contribution in [0.3, 0.4) is 0 Å². The third-order valence-electron chi connectivity index (χ3n) is 2.86. The zero-order valence-corrected chi connectivity index (χ0v) is 14.1. The van der Waals surface area contributed by atoms with Crippen LogP contribution in [0.5, 0.6) is 0 Å². The first-order chi connectivity index (χ1) is 9.73. The molecule has 1 rings (SSSR count). The van der Waals surface area contributed by atoms with Crippen LogP contribution in [0.4, 0.5) is 10.5 Å². The Morgan fingerprint density at radius 2 is 1.90 bits per heavy atom. The normalized spacial score (nSPS) is 11.4. The molecule has 0 heterocycles. The Balaban J connectivity index is 2.84. The van der Waals surface area contributed by atoms with E-state index >= 15 is 0 Å². The molecule has 0 aliphatic carbocycles. The standard InChI is InChI=1S/C17H28N2O2/c1-7-19(16(20)21-17(4,5)6)12-14-10-8-9-11-15(14)18-13(2)3/h8-11,13,18H,7,12H2,1-6H3. The minimum atomic E-state index is -0.472. The van der Waals surface area contributed by atoms with E-state index in [4.69, 9.17) is 4.74 Å². The smallest absolute Gasteiger partial charge is 0.410 e. The molecule has 1 amide bonds. The molecule has 0 aliphatic heterocycles. The highest BCUT2D eigenvalue weighted by molar-refractivity contribution is 5.68. The van der Waals surface area contributed by atoms with Gasteiger partial charge in [0.05, 0.1) is 6.54 Å². The zero-order chi connectivity index (χ0) is 16.0. The molecule has 1 aromatic carbocycles. The Hall–Kier alpha value is -1.71. The van der Waals surface area contributed by atoms with Gasteiger partial charge in [-0.25, -0.2) is 4.79 Å². The summed E-state index contributed by atoms with van der Waals surface area (Å²) in [5.41, 5.74) is 1.69. The Labute approximate surface area is 128 Å². The number of anilines is 1. The Bertz CT molecular complexity index is 464. The molecular formula is C17H28N2O2. The summed E-state index contributed by atoms with van der Waals surface area (Å²) in [4.78, 5) is 13.9. The molecule has 0 saturated heterocycles. The number of hydrogen-bond donors (Lipinski definition) is 1. The lowest BCUT2D eigenvalue weighted by Crippen LogP contribution is -2.36. The van der Waals surface area contributed by atoms with Crippen molar-refractivity contribution < 1.29 is 9.53 Å². The molecule has 0 spiro atoms. The first-order valence-corrected chi connectivity index (χ1v) is 7.55. The minimum absolute atomic E-state index is 0.274. The van der Waals surface area contributed by atoms with Crippen molar-refractivity contribution >= 4 is 11.8 Å². The summed E-state index contributed by atoms with van der Waals surface area (Å²) in [6, 6.07) is 8.42. The molecular weight excluding hydrogens is 264 g/mol. The quantitative estimate of drug-likeness (QED) is 0.881. The third kappa shape index (κ3) is 6.06. The van der Waals surface area contributed by atoms with Crippen LogP contribution in [0.15, 0.2) is 24.3 Å². The fourth-order valence-corrected chi connectivity index (χ4v) is 1.95. The van der Waals surface area contributed by atoms with E-state index in [9.17, 15) is 4.79 Å². The molecule has 0 aliphatic rings.